The lowest BCUT2D eigenvalue weighted by molar-refractivity contribution is 0.0937. The van der Waals surface area contributed by atoms with Gasteiger partial charge in [0.15, 0.2) is 0 Å². The molecule has 6 nitrogen and oxygen atoms in total. The van der Waals surface area contributed by atoms with Crippen LogP contribution in [0.4, 0.5) is 6.01 Å². The number of carbonyl (C=O) groups excluding carboxylic acids is 1. The van der Waals surface area contributed by atoms with E-state index < -0.39 is 0 Å². The maximum atomic E-state index is 11.2. The fourth-order valence-electron chi connectivity index (χ4n) is 0.805. The summed E-state index contributed by atoms with van der Waals surface area (Å²) in [5, 5.41) is 6.08. The first-order chi connectivity index (χ1) is 5.75. The van der Waals surface area contributed by atoms with Crippen LogP contribution in [0.15, 0.2) is 4.52 Å². The molecule has 1 aliphatic rings. The summed E-state index contributed by atoms with van der Waals surface area (Å²) in [6, 6.07) is 0.202. The number of hydrogen-bond donors (Lipinski definition) is 2. The average Bonchev–Trinajstić information content (AvgIpc) is 2.72. The molecule has 0 radical (unpaired) electrons. The lowest BCUT2D eigenvalue weighted by Crippen LogP contribution is -2.26. The smallest absolute Gasteiger partial charge is 0.319 e. The lowest BCUT2D eigenvalue weighted by Gasteiger charge is -1.95. The molecule has 0 spiro atoms. The summed E-state index contributed by atoms with van der Waals surface area (Å²) in [5.74, 6) is -0.322. The number of carbonyl (C=O) groups is 1. The van der Waals surface area contributed by atoms with Crippen LogP contribution >= 0.6 is 0 Å². The molecular formula is C6H8N4O2. The summed E-state index contributed by atoms with van der Waals surface area (Å²) < 4.78 is 4.44. The number of amides is 1. The van der Waals surface area contributed by atoms with Crippen molar-refractivity contribution in [2.75, 3.05) is 5.73 Å². The van der Waals surface area contributed by atoms with Gasteiger partial charge in [-0.15, -0.1) is 0 Å². The SMILES string of the molecule is Nc1nc(C(=O)NC2CC2)no1. The molecule has 1 aromatic heterocycles. The number of nitrogens with two attached hydrogens (primary N) is 1. The third kappa shape index (κ3) is 1.36. The highest BCUT2D eigenvalue weighted by molar-refractivity contribution is 5.90. The van der Waals surface area contributed by atoms with E-state index in [1.807, 2.05) is 0 Å². The maximum Gasteiger partial charge on any atom is 0.319 e. The molecule has 1 saturated carbocycles. The van der Waals surface area contributed by atoms with E-state index in [1.54, 1.807) is 0 Å². The first-order valence-corrected chi connectivity index (χ1v) is 3.66. The Hall–Kier alpha value is -1.59. The van der Waals surface area contributed by atoms with Crippen molar-refractivity contribution in [2.45, 2.75) is 18.9 Å². The second kappa shape index (κ2) is 2.47. The molecule has 12 heavy (non-hydrogen) atoms. The highest BCUT2D eigenvalue weighted by atomic mass is 16.5. The van der Waals surface area contributed by atoms with Gasteiger partial charge in [0.05, 0.1) is 0 Å². The third-order valence-electron chi connectivity index (χ3n) is 1.56. The number of nitrogens with zero attached hydrogens (tertiary/aromatic N) is 2. The van der Waals surface area contributed by atoms with Gasteiger partial charge in [-0.25, -0.2) is 0 Å². The van der Waals surface area contributed by atoms with Gasteiger partial charge in [0.25, 0.3) is 11.7 Å². The van der Waals surface area contributed by atoms with Crippen LogP contribution < -0.4 is 11.1 Å². The fourth-order valence-corrected chi connectivity index (χ4v) is 0.805. The molecular weight excluding hydrogens is 160 g/mol. The minimum absolute atomic E-state index is 0.000556. The Morgan fingerprint density at radius 1 is 1.67 bits per heavy atom. The van der Waals surface area contributed by atoms with Crippen molar-refractivity contribution in [3.05, 3.63) is 5.82 Å². The Labute approximate surface area is 68.1 Å². The summed E-state index contributed by atoms with van der Waals surface area (Å²) in [7, 11) is 0. The van der Waals surface area contributed by atoms with Crippen LogP contribution in [-0.2, 0) is 0 Å². The first kappa shape index (κ1) is 7.08. The highest BCUT2D eigenvalue weighted by Gasteiger charge is 2.25. The van der Waals surface area contributed by atoms with Crippen molar-refractivity contribution >= 4 is 11.9 Å². The van der Waals surface area contributed by atoms with E-state index in [0.29, 0.717) is 0 Å². The van der Waals surface area contributed by atoms with E-state index in [0.717, 1.165) is 12.8 Å². The van der Waals surface area contributed by atoms with Gasteiger partial charge in [0.2, 0.25) is 0 Å². The summed E-state index contributed by atoms with van der Waals surface area (Å²) in [6.45, 7) is 0. The van der Waals surface area contributed by atoms with Gasteiger partial charge in [0, 0.05) is 6.04 Å². The van der Waals surface area contributed by atoms with Crippen LogP contribution in [0.25, 0.3) is 0 Å². The van der Waals surface area contributed by atoms with Crippen molar-refractivity contribution in [2.24, 2.45) is 0 Å². The van der Waals surface area contributed by atoms with E-state index in [-0.39, 0.29) is 23.8 Å². The monoisotopic (exact) mass is 168 g/mol. The van der Waals surface area contributed by atoms with Crippen molar-refractivity contribution in [1.82, 2.24) is 15.5 Å². The number of hydrogen-bond acceptors (Lipinski definition) is 5. The van der Waals surface area contributed by atoms with Crippen LogP contribution in [0.5, 0.6) is 0 Å². The number of aromatic nitrogens is 2. The number of rotatable bonds is 2. The lowest BCUT2D eigenvalue weighted by atomic mass is 10.5. The second-order valence-corrected chi connectivity index (χ2v) is 2.70. The molecule has 0 bridgehead atoms. The number of nitrogen functional groups attached to an aromatic ring is 1. The summed E-state index contributed by atoms with van der Waals surface area (Å²) >= 11 is 0. The topological polar surface area (TPSA) is 94.0 Å². The first-order valence-electron chi connectivity index (χ1n) is 3.66. The van der Waals surface area contributed by atoms with Crippen LogP contribution in [0.1, 0.15) is 23.5 Å². The zero-order valence-corrected chi connectivity index (χ0v) is 6.28. The van der Waals surface area contributed by atoms with Gasteiger partial charge in [-0.2, -0.15) is 4.98 Å². The molecule has 1 heterocycles. The zero-order valence-electron chi connectivity index (χ0n) is 6.28. The molecule has 0 atom stereocenters. The molecule has 1 aromatic rings. The van der Waals surface area contributed by atoms with Crippen molar-refractivity contribution in [3.8, 4) is 0 Å². The highest BCUT2D eigenvalue weighted by Crippen LogP contribution is 2.18. The maximum absolute atomic E-state index is 11.2. The minimum Gasteiger partial charge on any atom is -0.351 e. The van der Waals surface area contributed by atoms with Gasteiger partial charge in [-0.05, 0) is 18.0 Å². The van der Waals surface area contributed by atoms with Crippen molar-refractivity contribution in [3.63, 3.8) is 0 Å². The molecule has 1 aliphatic carbocycles. The van der Waals surface area contributed by atoms with Gasteiger partial charge >= 0.3 is 6.01 Å². The van der Waals surface area contributed by atoms with Crippen LogP contribution in [0, 0.1) is 0 Å². The fraction of sp³-hybridized carbons (Fsp3) is 0.500. The molecule has 64 valence electrons. The normalized spacial score (nSPS) is 16.0. The van der Waals surface area contributed by atoms with Gasteiger partial charge in [-0.3, -0.25) is 4.79 Å². The largest absolute Gasteiger partial charge is 0.351 e. The zero-order chi connectivity index (χ0) is 8.55. The van der Waals surface area contributed by atoms with Crippen LogP contribution in [0.3, 0.4) is 0 Å². The molecule has 1 fully saturated rings. The van der Waals surface area contributed by atoms with E-state index in [2.05, 4.69) is 20.0 Å². The average molecular weight is 168 g/mol. The molecule has 2 rings (SSSR count). The van der Waals surface area contributed by atoms with E-state index in [4.69, 9.17) is 5.73 Å². The molecule has 0 aromatic carbocycles. The predicted molar refractivity (Wildman–Crippen MR) is 39.2 cm³/mol. The van der Waals surface area contributed by atoms with Crippen LogP contribution in [0.2, 0.25) is 0 Å². The van der Waals surface area contributed by atoms with Crippen LogP contribution in [-0.4, -0.2) is 22.1 Å². The van der Waals surface area contributed by atoms with Gasteiger partial charge in [-0.1, -0.05) is 0 Å². The second-order valence-electron chi connectivity index (χ2n) is 2.70. The molecule has 0 saturated heterocycles. The number of nitrogens with one attached hydrogen (secondary N) is 1. The molecule has 6 heteroatoms. The quantitative estimate of drug-likeness (QED) is 0.623. The van der Waals surface area contributed by atoms with Gasteiger partial charge in [0.1, 0.15) is 0 Å². The molecule has 0 aliphatic heterocycles. The van der Waals surface area contributed by atoms with E-state index >= 15 is 0 Å². The van der Waals surface area contributed by atoms with Gasteiger partial charge < -0.3 is 15.6 Å². The van der Waals surface area contributed by atoms with Crippen molar-refractivity contribution < 1.29 is 9.32 Å². The summed E-state index contributed by atoms with van der Waals surface area (Å²) in [6.07, 6.45) is 2.05. The Morgan fingerprint density at radius 2 is 2.42 bits per heavy atom. The Bertz CT molecular complexity index is 304. The summed E-state index contributed by atoms with van der Waals surface area (Å²) in [4.78, 5) is 14.7. The van der Waals surface area contributed by atoms with E-state index in [1.165, 1.54) is 0 Å². The molecule has 3 N–H and O–H groups in total. The Balaban J connectivity index is 2.03. The molecule has 0 unspecified atom stereocenters. The van der Waals surface area contributed by atoms with Crippen molar-refractivity contribution in [1.29, 1.82) is 0 Å². The minimum atomic E-state index is -0.321. The third-order valence-corrected chi connectivity index (χ3v) is 1.56. The standard InChI is InChI=1S/C6H8N4O2/c7-6-9-4(10-12-6)5(11)8-3-1-2-3/h3H,1-2H2,(H,8,11)(H2,7,9,10). The van der Waals surface area contributed by atoms with E-state index in [9.17, 15) is 4.79 Å². The summed E-state index contributed by atoms with van der Waals surface area (Å²) in [5.41, 5.74) is 5.14. The predicted octanol–water partition coefficient (Wildman–Crippen LogP) is -0.456. The number of anilines is 1. The molecule has 1 amide bonds. The Kier molecular flexibility index (Phi) is 1.46. The Morgan fingerprint density at radius 3 is 2.92 bits per heavy atom.